The SMILES string of the molecule is c1ccc(-c2ccc(-c3nc(-c4ccc5oc6ccccc6c5c4)nc(-c4cccc5oc6c(-c7ccccc7)cccc6c45)n3)cc2)cc1. The molecule has 0 radical (unpaired) electrons. The predicted molar refractivity (Wildman–Crippen MR) is 202 cm³/mol. The zero-order chi connectivity index (χ0) is 33.0. The number of rotatable bonds is 5. The highest BCUT2D eigenvalue weighted by Crippen LogP contribution is 2.40. The minimum absolute atomic E-state index is 0.577. The van der Waals surface area contributed by atoms with E-state index in [-0.39, 0.29) is 0 Å². The van der Waals surface area contributed by atoms with Crippen molar-refractivity contribution in [2.75, 3.05) is 0 Å². The quantitative estimate of drug-likeness (QED) is 0.187. The fraction of sp³-hybridized carbons (Fsp3) is 0. The number of hydrogen-bond acceptors (Lipinski definition) is 5. The van der Waals surface area contributed by atoms with Crippen molar-refractivity contribution in [1.82, 2.24) is 15.0 Å². The van der Waals surface area contributed by atoms with E-state index in [0.717, 1.165) is 82.8 Å². The third-order valence-corrected chi connectivity index (χ3v) is 9.37. The number of aromatic nitrogens is 3. The Bertz CT molecular complexity index is 2850. The molecule has 10 rings (SSSR count). The average molecular weight is 642 g/mol. The molecular formula is C45H27N3O2. The molecule has 5 nitrogen and oxygen atoms in total. The molecule has 3 heterocycles. The molecule has 0 aliphatic carbocycles. The largest absolute Gasteiger partial charge is 0.456 e. The first-order chi connectivity index (χ1) is 24.8. The Hall–Kier alpha value is -6.85. The Morgan fingerprint density at radius 2 is 0.880 bits per heavy atom. The van der Waals surface area contributed by atoms with Crippen LogP contribution in [0.2, 0.25) is 0 Å². The third-order valence-electron chi connectivity index (χ3n) is 9.37. The van der Waals surface area contributed by atoms with E-state index in [2.05, 4.69) is 97.1 Å². The lowest BCUT2D eigenvalue weighted by molar-refractivity contribution is 0.669. The maximum atomic E-state index is 6.58. The summed E-state index contributed by atoms with van der Waals surface area (Å²) in [4.78, 5) is 15.4. The van der Waals surface area contributed by atoms with E-state index in [1.807, 2.05) is 66.7 Å². The van der Waals surface area contributed by atoms with Crippen molar-refractivity contribution in [1.29, 1.82) is 0 Å². The molecule has 50 heavy (non-hydrogen) atoms. The number of benzene rings is 7. The van der Waals surface area contributed by atoms with Crippen LogP contribution in [0.1, 0.15) is 0 Å². The summed E-state index contributed by atoms with van der Waals surface area (Å²) in [6.45, 7) is 0. The molecule has 5 heteroatoms. The van der Waals surface area contributed by atoms with Crippen LogP contribution in [0.3, 0.4) is 0 Å². The highest BCUT2D eigenvalue weighted by molar-refractivity contribution is 6.15. The van der Waals surface area contributed by atoms with Gasteiger partial charge in [-0.1, -0.05) is 133 Å². The summed E-state index contributed by atoms with van der Waals surface area (Å²) in [6.07, 6.45) is 0. The number of furan rings is 2. The van der Waals surface area contributed by atoms with E-state index in [1.165, 1.54) is 0 Å². The Labute approximate surface area is 287 Å². The summed E-state index contributed by atoms with van der Waals surface area (Å²) in [5, 5.41) is 4.06. The van der Waals surface area contributed by atoms with Crippen LogP contribution in [0.4, 0.5) is 0 Å². The monoisotopic (exact) mass is 641 g/mol. The van der Waals surface area contributed by atoms with Gasteiger partial charge in [-0.25, -0.2) is 15.0 Å². The van der Waals surface area contributed by atoms with Gasteiger partial charge in [0.05, 0.1) is 0 Å². The summed E-state index contributed by atoms with van der Waals surface area (Å²) < 4.78 is 12.7. The lowest BCUT2D eigenvalue weighted by Gasteiger charge is -2.10. The minimum Gasteiger partial charge on any atom is -0.456 e. The standard InChI is InChI=1S/C45H27N3O2/c1-3-11-28(12-4-1)29-21-23-31(24-22-29)43-46-44(32-25-26-39-37(27-32)34-15-7-8-19-38(34)49-39)48-45(47-43)36-18-10-20-40-41(36)35-17-9-16-33(42(35)50-40)30-13-5-2-6-14-30/h1-27H. The molecule has 0 N–H and O–H groups in total. The van der Waals surface area contributed by atoms with Crippen molar-refractivity contribution >= 4 is 43.9 Å². The number of fused-ring (bicyclic) bond motifs is 6. The summed E-state index contributed by atoms with van der Waals surface area (Å²) >= 11 is 0. The molecule has 0 saturated carbocycles. The maximum Gasteiger partial charge on any atom is 0.164 e. The second kappa shape index (κ2) is 11.4. The van der Waals surface area contributed by atoms with E-state index in [0.29, 0.717) is 17.5 Å². The summed E-state index contributed by atoms with van der Waals surface area (Å²) in [6, 6.07) is 55.7. The molecular weight excluding hydrogens is 615 g/mol. The van der Waals surface area contributed by atoms with Crippen LogP contribution in [0, 0.1) is 0 Å². The molecule has 0 saturated heterocycles. The van der Waals surface area contributed by atoms with Crippen molar-refractivity contribution in [3.63, 3.8) is 0 Å². The molecule has 7 aromatic carbocycles. The average Bonchev–Trinajstić information content (AvgIpc) is 3.77. The molecule has 3 aromatic heterocycles. The highest BCUT2D eigenvalue weighted by atomic mass is 16.3. The number of nitrogens with zero attached hydrogens (tertiary/aromatic N) is 3. The van der Waals surface area contributed by atoms with Gasteiger partial charge in [-0.3, -0.25) is 0 Å². The van der Waals surface area contributed by atoms with Crippen LogP contribution < -0.4 is 0 Å². The third kappa shape index (κ3) is 4.67. The Balaban J connectivity index is 1.19. The van der Waals surface area contributed by atoms with E-state index >= 15 is 0 Å². The molecule has 0 amide bonds. The first-order valence-corrected chi connectivity index (χ1v) is 16.6. The second-order valence-electron chi connectivity index (χ2n) is 12.4. The van der Waals surface area contributed by atoms with Crippen LogP contribution in [0.15, 0.2) is 173 Å². The van der Waals surface area contributed by atoms with Gasteiger partial charge in [0.25, 0.3) is 0 Å². The van der Waals surface area contributed by atoms with Crippen molar-refractivity contribution in [3.05, 3.63) is 164 Å². The zero-order valence-electron chi connectivity index (χ0n) is 26.7. The van der Waals surface area contributed by atoms with Crippen LogP contribution in [-0.4, -0.2) is 15.0 Å². The maximum absolute atomic E-state index is 6.58. The smallest absolute Gasteiger partial charge is 0.164 e. The van der Waals surface area contributed by atoms with Gasteiger partial charge in [-0.05, 0) is 47.0 Å². The summed E-state index contributed by atoms with van der Waals surface area (Å²) in [7, 11) is 0. The lowest BCUT2D eigenvalue weighted by atomic mass is 10.0. The molecule has 0 fully saturated rings. The highest BCUT2D eigenvalue weighted by Gasteiger charge is 2.20. The first kappa shape index (κ1) is 28.2. The van der Waals surface area contributed by atoms with Gasteiger partial charge in [-0.2, -0.15) is 0 Å². The first-order valence-electron chi connectivity index (χ1n) is 16.6. The molecule has 0 atom stereocenters. The van der Waals surface area contributed by atoms with Gasteiger partial charge in [0.1, 0.15) is 22.3 Å². The lowest BCUT2D eigenvalue weighted by Crippen LogP contribution is -2.00. The Morgan fingerprint density at radius 3 is 1.70 bits per heavy atom. The molecule has 0 aliphatic rings. The summed E-state index contributed by atoms with van der Waals surface area (Å²) in [5.74, 6) is 1.75. The molecule has 0 aliphatic heterocycles. The van der Waals surface area contributed by atoms with Crippen LogP contribution in [-0.2, 0) is 0 Å². The van der Waals surface area contributed by atoms with Gasteiger partial charge in [0.15, 0.2) is 17.5 Å². The summed E-state index contributed by atoms with van der Waals surface area (Å²) in [5.41, 5.74) is 10.4. The van der Waals surface area contributed by atoms with E-state index in [4.69, 9.17) is 23.8 Å². The molecule has 10 aromatic rings. The second-order valence-corrected chi connectivity index (χ2v) is 12.4. The molecule has 0 unspecified atom stereocenters. The fourth-order valence-electron chi connectivity index (χ4n) is 6.94. The van der Waals surface area contributed by atoms with Crippen molar-refractivity contribution in [2.24, 2.45) is 0 Å². The predicted octanol–water partition coefficient (Wildman–Crippen LogP) is 12.0. The van der Waals surface area contributed by atoms with Crippen LogP contribution in [0.5, 0.6) is 0 Å². The zero-order valence-corrected chi connectivity index (χ0v) is 26.7. The van der Waals surface area contributed by atoms with Crippen molar-refractivity contribution in [2.45, 2.75) is 0 Å². The van der Waals surface area contributed by atoms with Gasteiger partial charge in [-0.15, -0.1) is 0 Å². The van der Waals surface area contributed by atoms with Gasteiger partial charge < -0.3 is 8.83 Å². The molecule has 234 valence electrons. The van der Waals surface area contributed by atoms with Gasteiger partial charge in [0.2, 0.25) is 0 Å². The number of hydrogen-bond donors (Lipinski definition) is 0. The van der Waals surface area contributed by atoms with Gasteiger partial charge in [0, 0.05) is 43.8 Å². The van der Waals surface area contributed by atoms with Crippen LogP contribution >= 0.6 is 0 Å². The Morgan fingerprint density at radius 1 is 0.320 bits per heavy atom. The van der Waals surface area contributed by atoms with E-state index in [9.17, 15) is 0 Å². The number of para-hydroxylation sites is 2. The van der Waals surface area contributed by atoms with Gasteiger partial charge >= 0.3 is 0 Å². The van der Waals surface area contributed by atoms with E-state index in [1.54, 1.807) is 0 Å². The van der Waals surface area contributed by atoms with E-state index < -0.39 is 0 Å². The Kier molecular flexibility index (Phi) is 6.42. The minimum atomic E-state index is 0.577. The topological polar surface area (TPSA) is 65.0 Å². The molecule has 0 spiro atoms. The fourth-order valence-corrected chi connectivity index (χ4v) is 6.94. The van der Waals surface area contributed by atoms with Crippen LogP contribution in [0.25, 0.3) is 100 Å². The normalized spacial score (nSPS) is 11.6. The molecule has 0 bridgehead atoms. The van der Waals surface area contributed by atoms with Crippen molar-refractivity contribution < 1.29 is 8.83 Å². The van der Waals surface area contributed by atoms with Crippen molar-refractivity contribution in [3.8, 4) is 56.4 Å².